The molecule has 2 nitrogen and oxygen atoms in total. The van der Waals surface area contributed by atoms with Gasteiger partial charge in [-0.25, -0.2) is 0 Å². The number of halogens is 1. The van der Waals surface area contributed by atoms with E-state index in [1.807, 2.05) is 12.1 Å². The average Bonchev–Trinajstić information content (AvgIpc) is 2.30. The summed E-state index contributed by atoms with van der Waals surface area (Å²) in [5, 5.41) is 0. The second kappa shape index (κ2) is 6.22. The molecule has 2 aromatic rings. The van der Waals surface area contributed by atoms with Gasteiger partial charge in [-0.15, -0.1) is 0 Å². The minimum atomic E-state index is 0.800. The maximum absolute atomic E-state index is 5.86. The van der Waals surface area contributed by atoms with E-state index in [2.05, 4.69) is 65.1 Å². The van der Waals surface area contributed by atoms with Gasteiger partial charge < -0.3 is 5.73 Å². The van der Waals surface area contributed by atoms with E-state index in [-0.39, 0.29) is 0 Å². The van der Waals surface area contributed by atoms with E-state index in [0.29, 0.717) is 0 Å². The van der Waals surface area contributed by atoms with Crippen LogP contribution in [0, 0.1) is 6.92 Å². The van der Waals surface area contributed by atoms with Gasteiger partial charge in [0.25, 0.3) is 0 Å². The molecule has 0 aliphatic carbocycles. The maximum atomic E-state index is 5.86. The summed E-state index contributed by atoms with van der Waals surface area (Å²) in [4.78, 5) is 2.30. The second-order valence-corrected chi connectivity index (χ2v) is 5.91. The minimum absolute atomic E-state index is 0.800. The van der Waals surface area contributed by atoms with Crippen LogP contribution in [0.2, 0.25) is 0 Å². The molecule has 3 heteroatoms. The monoisotopic (exact) mass is 318 g/mol. The summed E-state index contributed by atoms with van der Waals surface area (Å²) in [5.74, 6) is 0. The highest BCUT2D eigenvalue weighted by Gasteiger charge is 2.05. The van der Waals surface area contributed by atoms with Gasteiger partial charge in [0.1, 0.15) is 0 Å². The van der Waals surface area contributed by atoms with Crippen molar-refractivity contribution in [2.75, 3.05) is 12.8 Å². The van der Waals surface area contributed by atoms with E-state index in [9.17, 15) is 0 Å². The molecule has 2 aromatic carbocycles. The van der Waals surface area contributed by atoms with Gasteiger partial charge in [0.2, 0.25) is 0 Å². The van der Waals surface area contributed by atoms with Crippen LogP contribution in [0.5, 0.6) is 0 Å². The van der Waals surface area contributed by atoms with Crippen molar-refractivity contribution in [3.63, 3.8) is 0 Å². The first-order chi connectivity index (χ1) is 9.04. The van der Waals surface area contributed by atoms with Crippen molar-refractivity contribution < 1.29 is 0 Å². The Kier molecular flexibility index (Phi) is 4.61. The Hall–Kier alpha value is -1.32. The van der Waals surface area contributed by atoms with E-state index >= 15 is 0 Å². The van der Waals surface area contributed by atoms with Crippen molar-refractivity contribution in [3.8, 4) is 0 Å². The van der Waals surface area contributed by atoms with Crippen molar-refractivity contribution in [3.05, 3.63) is 63.6 Å². The van der Waals surface area contributed by atoms with Crippen LogP contribution >= 0.6 is 15.9 Å². The summed E-state index contributed by atoms with van der Waals surface area (Å²) in [6.07, 6.45) is 0. The third-order valence-electron chi connectivity index (χ3n) is 3.13. The highest BCUT2D eigenvalue weighted by atomic mass is 79.9. The molecule has 0 bridgehead atoms. The van der Waals surface area contributed by atoms with Gasteiger partial charge in [-0.05, 0) is 48.9 Å². The summed E-state index contributed by atoms with van der Waals surface area (Å²) in [6.45, 7) is 3.98. The summed E-state index contributed by atoms with van der Waals surface area (Å²) < 4.78 is 1.03. The zero-order chi connectivity index (χ0) is 13.8. The average molecular weight is 319 g/mol. The SMILES string of the molecule is Cc1ccccc1CN(C)Cc1cc(N)cc(Br)c1. The lowest BCUT2D eigenvalue weighted by molar-refractivity contribution is 0.318. The van der Waals surface area contributed by atoms with Crippen molar-refractivity contribution >= 4 is 21.6 Å². The summed E-state index contributed by atoms with van der Waals surface area (Å²) in [5.41, 5.74) is 10.6. The third kappa shape index (κ3) is 4.08. The van der Waals surface area contributed by atoms with Crippen LogP contribution in [0.25, 0.3) is 0 Å². The number of nitrogens with zero attached hydrogens (tertiary/aromatic N) is 1. The molecule has 0 aliphatic rings. The molecule has 0 heterocycles. The number of aryl methyl sites for hydroxylation is 1. The molecule has 19 heavy (non-hydrogen) atoms. The van der Waals surface area contributed by atoms with E-state index in [0.717, 1.165) is 23.2 Å². The lowest BCUT2D eigenvalue weighted by Gasteiger charge is -2.18. The van der Waals surface area contributed by atoms with Crippen molar-refractivity contribution in [1.29, 1.82) is 0 Å². The van der Waals surface area contributed by atoms with E-state index in [1.165, 1.54) is 16.7 Å². The number of anilines is 1. The minimum Gasteiger partial charge on any atom is -0.399 e. The first-order valence-electron chi connectivity index (χ1n) is 6.32. The molecule has 100 valence electrons. The van der Waals surface area contributed by atoms with E-state index in [4.69, 9.17) is 5.73 Å². The first kappa shape index (κ1) is 14.1. The van der Waals surface area contributed by atoms with Gasteiger partial charge >= 0.3 is 0 Å². The van der Waals surface area contributed by atoms with Crippen LogP contribution in [0.15, 0.2) is 46.9 Å². The van der Waals surface area contributed by atoms with E-state index < -0.39 is 0 Å². The lowest BCUT2D eigenvalue weighted by Crippen LogP contribution is -2.17. The van der Waals surface area contributed by atoms with Gasteiger partial charge in [-0.1, -0.05) is 40.2 Å². The molecule has 0 spiro atoms. The number of benzene rings is 2. The largest absolute Gasteiger partial charge is 0.399 e. The Morgan fingerprint density at radius 1 is 1.11 bits per heavy atom. The van der Waals surface area contributed by atoms with Crippen molar-refractivity contribution in [2.24, 2.45) is 0 Å². The number of rotatable bonds is 4. The Balaban J connectivity index is 2.05. The lowest BCUT2D eigenvalue weighted by atomic mass is 10.1. The summed E-state index contributed by atoms with van der Waals surface area (Å²) in [6, 6.07) is 14.6. The standard InChI is InChI=1S/C16H19BrN2/c1-12-5-3-4-6-14(12)11-19(2)10-13-7-15(17)9-16(18)8-13/h3-9H,10-11,18H2,1-2H3. The molecule has 0 aliphatic heterocycles. The molecule has 0 saturated heterocycles. The van der Waals surface area contributed by atoms with Crippen LogP contribution in [-0.4, -0.2) is 11.9 Å². The van der Waals surface area contributed by atoms with Crippen molar-refractivity contribution in [1.82, 2.24) is 4.90 Å². The van der Waals surface area contributed by atoms with Crippen LogP contribution in [0.1, 0.15) is 16.7 Å². The fourth-order valence-corrected chi connectivity index (χ4v) is 2.77. The van der Waals surface area contributed by atoms with E-state index in [1.54, 1.807) is 0 Å². The zero-order valence-electron chi connectivity index (χ0n) is 11.4. The number of nitrogens with two attached hydrogens (primary N) is 1. The normalized spacial score (nSPS) is 10.9. The first-order valence-corrected chi connectivity index (χ1v) is 7.12. The van der Waals surface area contributed by atoms with Gasteiger partial charge in [-0.2, -0.15) is 0 Å². The fourth-order valence-electron chi connectivity index (χ4n) is 2.21. The van der Waals surface area contributed by atoms with Gasteiger partial charge in [-0.3, -0.25) is 4.90 Å². The summed E-state index contributed by atoms with van der Waals surface area (Å²) in [7, 11) is 2.13. The topological polar surface area (TPSA) is 29.3 Å². The predicted molar refractivity (Wildman–Crippen MR) is 84.9 cm³/mol. The molecule has 0 unspecified atom stereocenters. The molecule has 0 amide bonds. The second-order valence-electron chi connectivity index (χ2n) is 4.99. The molecule has 0 fully saturated rings. The Morgan fingerprint density at radius 2 is 1.84 bits per heavy atom. The number of hydrogen-bond donors (Lipinski definition) is 1. The Bertz CT molecular complexity index is 546. The Labute approximate surface area is 123 Å². The highest BCUT2D eigenvalue weighted by molar-refractivity contribution is 9.10. The van der Waals surface area contributed by atoms with Crippen molar-refractivity contribution in [2.45, 2.75) is 20.0 Å². The highest BCUT2D eigenvalue weighted by Crippen LogP contribution is 2.19. The van der Waals surface area contributed by atoms with Crippen LogP contribution < -0.4 is 5.73 Å². The zero-order valence-corrected chi connectivity index (χ0v) is 12.9. The predicted octanol–water partition coefficient (Wildman–Crippen LogP) is 3.97. The molecule has 0 radical (unpaired) electrons. The molecular formula is C16H19BrN2. The molecule has 0 aromatic heterocycles. The summed E-state index contributed by atoms with van der Waals surface area (Å²) >= 11 is 3.48. The smallest absolute Gasteiger partial charge is 0.0328 e. The third-order valence-corrected chi connectivity index (χ3v) is 3.59. The Morgan fingerprint density at radius 3 is 2.53 bits per heavy atom. The molecular weight excluding hydrogens is 300 g/mol. The molecule has 0 saturated carbocycles. The molecule has 0 atom stereocenters. The number of nitrogen functional groups attached to an aromatic ring is 1. The van der Waals surface area contributed by atoms with Crippen LogP contribution in [-0.2, 0) is 13.1 Å². The molecule has 2 N–H and O–H groups in total. The van der Waals surface area contributed by atoms with Crippen LogP contribution in [0.3, 0.4) is 0 Å². The maximum Gasteiger partial charge on any atom is 0.0328 e. The fraction of sp³-hybridized carbons (Fsp3) is 0.250. The van der Waals surface area contributed by atoms with Gasteiger partial charge in [0.15, 0.2) is 0 Å². The van der Waals surface area contributed by atoms with Gasteiger partial charge in [0.05, 0.1) is 0 Å². The van der Waals surface area contributed by atoms with Crippen LogP contribution in [0.4, 0.5) is 5.69 Å². The number of hydrogen-bond acceptors (Lipinski definition) is 2. The van der Waals surface area contributed by atoms with Gasteiger partial charge in [0, 0.05) is 23.2 Å². The molecule has 2 rings (SSSR count). The quantitative estimate of drug-likeness (QED) is 0.864.